The minimum absolute atomic E-state index is 0.513. The number of hydrogen-bond acceptors (Lipinski definition) is 2. The minimum Gasteiger partial charge on any atom is -0.370 e. The summed E-state index contributed by atoms with van der Waals surface area (Å²) in [4.78, 5) is 7.05. The second-order valence-corrected chi connectivity index (χ2v) is 6.37. The van der Waals surface area contributed by atoms with Crippen LogP contribution in [-0.4, -0.2) is 37.0 Å². The fourth-order valence-corrected chi connectivity index (χ4v) is 2.95. The van der Waals surface area contributed by atoms with Crippen molar-refractivity contribution in [3.63, 3.8) is 0 Å². The quantitative estimate of drug-likeness (QED) is 0.627. The van der Waals surface area contributed by atoms with Gasteiger partial charge in [-0.2, -0.15) is 0 Å². The van der Waals surface area contributed by atoms with Gasteiger partial charge in [0.2, 0.25) is 0 Å². The van der Waals surface area contributed by atoms with Crippen LogP contribution < -0.4 is 11.1 Å². The van der Waals surface area contributed by atoms with Gasteiger partial charge in [-0.1, -0.05) is 32.4 Å². The van der Waals surface area contributed by atoms with Crippen LogP contribution in [0.15, 0.2) is 29.3 Å². The zero-order valence-electron chi connectivity index (χ0n) is 14.0. The number of anilines is 1. The summed E-state index contributed by atoms with van der Waals surface area (Å²) in [6.07, 6.45) is 5.09. The largest absolute Gasteiger partial charge is 0.370 e. The molecule has 1 saturated heterocycles. The first-order chi connectivity index (χ1) is 10.7. The first-order valence-electron chi connectivity index (χ1n) is 8.55. The van der Waals surface area contributed by atoms with Crippen LogP contribution in [0.2, 0.25) is 0 Å². The second kappa shape index (κ2) is 8.79. The molecule has 22 heavy (non-hydrogen) atoms. The lowest BCUT2D eigenvalue weighted by Crippen LogP contribution is -2.34. The van der Waals surface area contributed by atoms with Crippen LogP contribution >= 0.6 is 0 Å². The van der Waals surface area contributed by atoms with Crippen molar-refractivity contribution in [3.8, 4) is 0 Å². The maximum atomic E-state index is 6.00. The van der Waals surface area contributed by atoms with Crippen molar-refractivity contribution in [3.05, 3.63) is 29.8 Å². The normalized spacial score (nSPS) is 18.2. The standard InChI is InChI=1S/C18H30N4/c1-3-16-8-7-9-17(12-16)21-18(19)20-13-15(2)14-22-10-5-4-6-11-22/h7-9,12,15H,3-6,10-11,13-14H2,1-2H3,(H3,19,20,21). The Hall–Kier alpha value is -1.55. The molecule has 0 aliphatic carbocycles. The SMILES string of the molecule is CCc1cccc(NC(N)=NCC(C)CN2CCCCC2)c1. The van der Waals surface area contributed by atoms with Crippen molar-refractivity contribution in [1.29, 1.82) is 0 Å². The van der Waals surface area contributed by atoms with Crippen LogP contribution in [-0.2, 0) is 6.42 Å². The van der Waals surface area contributed by atoms with Gasteiger partial charge in [0.05, 0.1) is 0 Å². The molecule has 1 aliphatic rings. The Bertz CT molecular complexity index is 478. The maximum absolute atomic E-state index is 6.00. The Morgan fingerprint density at radius 2 is 2.09 bits per heavy atom. The Morgan fingerprint density at radius 1 is 1.32 bits per heavy atom. The van der Waals surface area contributed by atoms with Gasteiger partial charge >= 0.3 is 0 Å². The van der Waals surface area contributed by atoms with E-state index in [1.807, 2.05) is 12.1 Å². The summed E-state index contributed by atoms with van der Waals surface area (Å²) in [7, 11) is 0. The highest BCUT2D eigenvalue weighted by molar-refractivity contribution is 5.92. The Balaban J connectivity index is 1.78. The van der Waals surface area contributed by atoms with E-state index in [2.05, 4.69) is 41.2 Å². The summed E-state index contributed by atoms with van der Waals surface area (Å²) in [5, 5.41) is 3.19. The average molecular weight is 302 g/mol. The molecule has 1 unspecified atom stereocenters. The molecule has 0 bridgehead atoms. The summed E-state index contributed by atoms with van der Waals surface area (Å²) >= 11 is 0. The number of piperidine rings is 1. The van der Waals surface area contributed by atoms with Crippen LogP contribution in [0.4, 0.5) is 5.69 Å². The predicted octanol–water partition coefficient (Wildman–Crippen LogP) is 3.10. The summed E-state index contributed by atoms with van der Waals surface area (Å²) in [6.45, 7) is 8.80. The second-order valence-electron chi connectivity index (χ2n) is 6.37. The third-order valence-corrected chi connectivity index (χ3v) is 4.20. The van der Waals surface area contributed by atoms with E-state index in [0.717, 1.165) is 25.2 Å². The van der Waals surface area contributed by atoms with Gasteiger partial charge in [0, 0.05) is 18.8 Å². The molecule has 1 aromatic carbocycles. The van der Waals surface area contributed by atoms with Gasteiger partial charge < -0.3 is 16.0 Å². The third kappa shape index (κ3) is 5.68. The third-order valence-electron chi connectivity index (χ3n) is 4.20. The zero-order valence-corrected chi connectivity index (χ0v) is 14.0. The first-order valence-corrected chi connectivity index (χ1v) is 8.55. The van der Waals surface area contributed by atoms with Gasteiger partial charge in [0.15, 0.2) is 5.96 Å². The minimum atomic E-state index is 0.513. The van der Waals surface area contributed by atoms with Crippen molar-refractivity contribution < 1.29 is 0 Å². The molecule has 0 radical (unpaired) electrons. The van der Waals surface area contributed by atoms with Crippen molar-refractivity contribution >= 4 is 11.6 Å². The molecule has 0 aromatic heterocycles. The highest BCUT2D eigenvalue weighted by atomic mass is 15.1. The smallest absolute Gasteiger partial charge is 0.193 e. The van der Waals surface area contributed by atoms with Crippen LogP contribution in [0.3, 0.4) is 0 Å². The first kappa shape index (κ1) is 16.8. The zero-order chi connectivity index (χ0) is 15.8. The van der Waals surface area contributed by atoms with Gasteiger partial charge in [-0.25, -0.2) is 0 Å². The number of nitrogens with zero attached hydrogens (tertiary/aromatic N) is 2. The van der Waals surface area contributed by atoms with Crippen LogP contribution in [0, 0.1) is 5.92 Å². The summed E-state index contributed by atoms with van der Waals surface area (Å²) < 4.78 is 0. The van der Waals surface area contributed by atoms with Gasteiger partial charge in [-0.15, -0.1) is 0 Å². The van der Waals surface area contributed by atoms with Crippen LogP contribution in [0.25, 0.3) is 0 Å². The molecule has 1 heterocycles. The highest BCUT2D eigenvalue weighted by Gasteiger charge is 2.13. The van der Waals surface area contributed by atoms with E-state index in [1.165, 1.54) is 37.9 Å². The van der Waals surface area contributed by atoms with Crippen molar-refractivity contribution in [1.82, 2.24) is 4.90 Å². The number of nitrogens with one attached hydrogen (secondary N) is 1. The highest BCUT2D eigenvalue weighted by Crippen LogP contribution is 2.12. The lowest BCUT2D eigenvalue weighted by atomic mass is 10.1. The number of aliphatic imine (C=N–C) groups is 1. The molecule has 4 nitrogen and oxygen atoms in total. The monoisotopic (exact) mass is 302 g/mol. The van der Waals surface area contributed by atoms with E-state index in [-0.39, 0.29) is 0 Å². The molecule has 2 rings (SSSR count). The molecule has 0 amide bonds. The van der Waals surface area contributed by atoms with E-state index in [9.17, 15) is 0 Å². The van der Waals surface area contributed by atoms with Crippen molar-refractivity contribution in [2.75, 3.05) is 31.5 Å². The Morgan fingerprint density at radius 3 is 2.82 bits per heavy atom. The molecule has 3 N–H and O–H groups in total. The fraction of sp³-hybridized carbons (Fsp3) is 0.611. The number of guanidine groups is 1. The maximum Gasteiger partial charge on any atom is 0.193 e. The van der Waals surface area contributed by atoms with E-state index < -0.39 is 0 Å². The number of rotatable bonds is 6. The number of benzene rings is 1. The molecule has 1 aromatic rings. The summed E-state index contributed by atoms with van der Waals surface area (Å²) in [5.41, 5.74) is 8.32. The number of likely N-dealkylation sites (tertiary alicyclic amines) is 1. The van der Waals surface area contributed by atoms with Crippen LogP contribution in [0.5, 0.6) is 0 Å². The van der Waals surface area contributed by atoms with Crippen molar-refractivity contribution in [2.45, 2.75) is 39.5 Å². The van der Waals surface area contributed by atoms with E-state index in [4.69, 9.17) is 5.73 Å². The number of aryl methyl sites for hydroxylation is 1. The number of nitrogens with two attached hydrogens (primary N) is 1. The Kier molecular flexibility index (Phi) is 6.72. The summed E-state index contributed by atoms with van der Waals surface area (Å²) in [6, 6.07) is 8.32. The van der Waals surface area contributed by atoms with E-state index in [1.54, 1.807) is 0 Å². The van der Waals surface area contributed by atoms with E-state index >= 15 is 0 Å². The van der Waals surface area contributed by atoms with Gasteiger partial charge in [-0.3, -0.25) is 4.99 Å². The molecule has 4 heteroatoms. The molecule has 1 aliphatic heterocycles. The topological polar surface area (TPSA) is 53.6 Å². The summed E-state index contributed by atoms with van der Waals surface area (Å²) in [5.74, 6) is 1.05. The molecule has 1 atom stereocenters. The number of hydrogen-bond donors (Lipinski definition) is 2. The van der Waals surface area contributed by atoms with Gasteiger partial charge in [-0.05, 0) is 56.0 Å². The molecular weight excluding hydrogens is 272 g/mol. The van der Waals surface area contributed by atoms with Crippen molar-refractivity contribution in [2.24, 2.45) is 16.6 Å². The predicted molar refractivity (Wildman–Crippen MR) is 95.4 cm³/mol. The van der Waals surface area contributed by atoms with Gasteiger partial charge in [0.1, 0.15) is 0 Å². The van der Waals surface area contributed by atoms with Gasteiger partial charge in [0.25, 0.3) is 0 Å². The molecule has 1 fully saturated rings. The van der Waals surface area contributed by atoms with Crippen LogP contribution in [0.1, 0.15) is 38.7 Å². The van der Waals surface area contributed by atoms with E-state index in [0.29, 0.717) is 11.9 Å². The Labute approximate surface area is 134 Å². The molecule has 122 valence electrons. The molecule has 0 spiro atoms. The average Bonchev–Trinajstić information content (AvgIpc) is 2.54. The lowest BCUT2D eigenvalue weighted by molar-refractivity contribution is 0.203. The fourth-order valence-electron chi connectivity index (χ4n) is 2.95. The lowest BCUT2D eigenvalue weighted by Gasteiger charge is -2.28. The molecule has 0 saturated carbocycles. The molecular formula is C18H30N4.